The molecule has 0 bridgehead atoms. The summed E-state index contributed by atoms with van der Waals surface area (Å²) in [5, 5.41) is 8.95. The van der Waals surface area contributed by atoms with Crippen LogP contribution >= 0.6 is 0 Å². The van der Waals surface area contributed by atoms with E-state index in [0.29, 0.717) is 6.54 Å². The minimum atomic E-state index is -0.749. The van der Waals surface area contributed by atoms with Crippen LogP contribution in [0.15, 0.2) is 23.3 Å². The van der Waals surface area contributed by atoms with E-state index in [1.165, 1.54) is 6.08 Å². The lowest BCUT2D eigenvalue weighted by molar-refractivity contribution is -0.133. The summed E-state index contributed by atoms with van der Waals surface area (Å²) >= 11 is 0. The van der Waals surface area contributed by atoms with Crippen molar-refractivity contribution in [2.75, 3.05) is 13.6 Å². The summed E-state index contributed by atoms with van der Waals surface area (Å²) in [6.07, 6.45) is 3.42. The van der Waals surface area contributed by atoms with Crippen molar-refractivity contribution in [1.82, 2.24) is 4.90 Å². The zero-order valence-corrected chi connectivity index (χ0v) is 10.2. The summed E-state index contributed by atoms with van der Waals surface area (Å²) in [7, 11) is 1.72. The van der Waals surface area contributed by atoms with Crippen molar-refractivity contribution in [2.45, 2.75) is 13.8 Å². The monoisotopic (exact) mass is 230 g/mol. The molecule has 0 fully saturated rings. The van der Waals surface area contributed by atoms with E-state index < -0.39 is 11.3 Å². The molecule has 0 saturated heterocycles. The maximum absolute atomic E-state index is 12.1. The number of rotatable bonds is 0. The molecule has 0 radical (unpaired) electrons. The Morgan fingerprint density at radius 3 is 2.71 bits per heavy atom. The van der Waals surface area contributed by atoms with Gasteiger partial charge in [-0.1, -0.05) is 6.08 Å². The summed E-state index contributed by atoms with van der Waals surface area (Å²) in [5.74, 6) is -0.688. The number of carbonyl (C=O) groups is 2. The second kappa shape index (κ2) is 3.56. The third-order valence-corrected chi connectivity index (χ3v) is 3.55. The Labute approximate surface area is 100 Å². The minimum absolute atomic E-state index is 0.0455. The Bertz CT molecular complexity index is 506. The SMILES string of the molecule is CN1CC=C2C(C=C(C#N)C(=O)C2(C)C)C1=O. The van der Waals surface area contributed by atoms with E-state index in [-0.39, 0.29) is 17.3 Å². The van der Waals surface area contributed by atoms with Crippen LogP contribution < -0.4 is 0 Å². The van der Waals surface area contributed by atoms with Gasteiger partial charge in [0.25, 0.3) is 0 Å². The molecule has 0 aromatic heterocycles. The quantitative estimate of drug-likeness (QED) is 0.584. The molecule has 0 spiro atoms. The van der Waals surface area contributed by atoms with Crippen LogP contribution in [0, 0.1) is 22.7 Å². The highest BCUT2D eigenvalue weighted by atomic mass is 16.2. The predicted molar refractivity (Wildman–Crippen MR) is 61.7 cm³/mol. The Hall–Kier alpha value is -1.89. The van der Waals surface area contributed by atoms with Gasteiger partial charge in [-0.15, -0.1) is 0 Å². The van der Waals surface area contributed by atoms with Gasteiger partial charge in [-0.05, 0) is 25.5 Å². The van der Waals surface area contributed by atoms with Gasteiger partial charge in [0.2, 0.25) is 5.91 Å². The molecule has 1 atom stereocenters. The molecule has 0 aromatic rings. The molecule has 2 rings (SSSR count). The number of ketones is 1. The van der Waals surface area contributed by atoms with E-state index in [9.17, 15) is 9.59 Å². The standard InChI is InChI=1S/C13H14N2O2/c1-13(2)10-4-5-15(3)12(17)9(10)6-8(7-14)11(13)16/h4,6,9H,5H2,1-3H3. The number of fused-ring (bicyclic) bond motifs is 1. The minimum Gasteiger partial charge on any atom is -0.341 e. The van der Waals surface area contributed by atoms with E-state index in [4.69, 9.17) is 5.26 Å². The number of hydrogen-bond donors (Lipinski definition) is 0. The number of carbonyl (C=O) groups excluding carboxylic acids is 2. The van der Waals surface area contributed by atoms with Gasteiger partial charge in [-0.25, -0.2) is 0 Å². The van der Waals surface area contributed by atoms with Gasteiger partial charge in [-0.2, -0.15) is 5.26 Å². The molecule has 0 saturated carbocycles. The Morgan fingerprint density at radius 1 is 1.47 bits per heavy atom. The largest absolute Gasteiger partial charge is 0.341 e. The van der Waals surface area contributed by atoms with Crippen molar-refractivity contribution in [1.29, 1.82) is 5.26 Å². The molecule has 0 aromatic carbocycles. The van der Waals surface area contributed by atoms with Crippen LogP contribution in [-0.4, -0.2) is 30.2 Å². The third-order valence-electron chi connectivity index (χ3n) is 3.55. The zero-order valence-electron chi connectivity index (χ0n) is 10.2. The smallest absolute Gasteiger partial charge is 0.233 e. The molecule has 1 unspecified atom stereocenters. The lowest BCUT2D eigenvalue weighted by Crippen LogP contribution is -2.45. The van der Waals surface area contributed by atoms with Crippen LogP contribution in [0.4, 0.5) is 0 Å². The highest BCUT2D eigenvalue weighted by Crippen LogP contribution is 2.42. The van der Waals surface area contributed by atoms with Crippen LogP contribution in [0.2, 0.25) is 0 Å². The first-order valence-electron chi connectivity index (χ1n) is 5.52. The molecule has 1 heterocycles. The molecular weight excluding hydrogens is 216 g/mol. The van der Waals surface area contributed by atoms with Gasteiger partial charge in [-0.3, -0.25) is 9.59 Å². The fourth-order valence-electron chi connectivity index (χ4n) is 2.43. The van der Waals surface area contributed by atoms with Crippen molar-refractivity contribution < 1.29 is 9.59 Å². The highest BCUT2D eigenvalue weighted by Gasteiger charge is 2.45. The van der Waals surface area contributed by atoms with Gasteiger partial charge in [0.15, 0.2) is 5.78 Å². The molecule has 1 amide bonds. The summed E-state index contributed by atoms with van der Waals surface area (Å²) in [5.41, 5.74) is 0.173. The van der Waals surface area contributed by atoms with Crippen molar-refractivity contribution in [3.05, 3.63) is 23.3 Å². The fraction of sp³-hybridized carbons (Fsp3) is 0.462. The van der Waals surface area contributed by atoms with E-state index >= 15 is 0 Å². The number of likely N-dealkylation sites (N-methyl/N-ethyl adjacent to an activating group) is 1. The summed E-state index contributed by atoms with van der Waals surface area (Å²) in [6.45, 7) is 4.07. The van der Waals surface area contributed by atoms with Crippen LogP contribution in [0.5, 0.6) is 0 Å². The van der Waals surface area contributed by atoms with Crippen LogP contribution in [-0.2, 0) is 9.59 Å². The molecule has 17 heavy (non-hydrogen) atoms. The molecule has 2 aliphatic rings. The van der Waals surface area contributed by atoms with Crippen molar-refractivity contribution >= 4 is 11.7 Å². The van der Waals surface area contributed by atoms with Crippen LogP contribution in [0.25, 0.3) is 0 Å². The average molecular weight is 230 g/mol. The Kier molecular flexibility index (Phi) is 2.43. The maximum Gasteiger partial charge on any atom is 0.233 e. The van der Waals surface area contributed by atoms with E-state index in [2.05, 4.69) is 0 Å². The molecule has 4 nitrogen and oxygen atoms in total. The first kappa shape index (κ1) is 11.6. The lowest BCUT2D eigenvalue weighted by Gasteiger charge is -2.39. The zero-order chi connectivity index (χ0) is 12.8. The van der Waals surface area contributed by atoms with Crippen LogP contribution in [0.1, 0.15) is 13.8 Å². The van der Waals surface area contributed by atoms with Gasteiger partial charge < -0.3 is 4.90 Å². The summed E-state index contributed by atoms with van der Waals surface area (Å²) < 4.78 is 0. The number of hydrogen-bond acceptors (Lipinski definition) is 3. The number of Topliss-reactive ketones (excluding diaryl/α,β-unsaturated/α-hetero) is 1. The van der Waals surface area contributed by atoms with Gasteiger partial charge >= 0.3 is 0 Å². The molecule has 4 heteroatoms. The van der Waals surface area contributed by atoms with Gasteiger partial charge in [0.05, 0.1) is 16.9 Å². The van der Waals surface area contributed by atoms with Crippen molar-refractivity contribution in [2.24, 2.45) is 11.3 Å². The third kappa shape index (κ3) is 1.50. The normalized spacial score (nSPS) is 26.9. The number of nitrogens with zero attached hydrogens (tertiary/aromatic N) is 2. The Morgan fingerprint density at radius 2 is 2.12 bits per heavy atom. The fourth-order valence-corrected chi connectivity index (χ4v) is 2.43. The van der Waals surface area contributed by atoms with Crippen LogP contribution in [0.3, 0.4) is 0 Å². The van der Waals surface area contributed by atoms with E-state index in [0.717, 1.165) is 5.57 Å². The first-order valence-corrected chi connectivity index (χ1v) is 5.52. The summed E-state index contributed by atoms with van der Waals surface area (Å²) in [6, 6.07) is 1.89. The van der Waals surface area contributed by atoms with E-state index in [1.807, 2.05) is 12.1 Å². The molecule has 1 aliphatic carbocycles. The molecular formula is C13H14N2O2. The second-order valence-corrected chi connectivity index (χ2v) is 5.00. The molecule has 0 N–H and O–H groups in total. The van der Waals surface area contributed by atoms with Gasteiger partial charge in [0, 0.05) is 13.6 Å². The first-order chi connectivity index (χ1) is 7.89. The molecule has 88 valence electrons. The Balaban J connectivity index is 2.60. The number of allylic oxidation sites excluding steroid dienone is 1. The predicted octanol–water partition coefficient (Wildman–Crippen LogP) is 1.06. The lowest BCUT2D eigenvalue weighted by atomic mass is 9.66. The molecule has 1 aliphatic heterocycles. The van der Waals surface area contributed by atoms with Crippen molar-refractivity contribution in [3.8, 4) is 6.07 Å². The average Bonchev–Trinajstić information content (AvgIpc) is 2.28. The topological polar surface area (TPSA) is 61.2 Å². The number of nitriles is 1. The van der Waals surface area contributed by atoms with E-state index in [1.54, 1.807) is 25.8 Å². The highest BCUT2D eigenvalue weighted by molar-refractivity contribution is 6.08. The number of amides is 1. The maximum atomic E-state index is 12.1. The van der Waals surface area contributed by atoms with Crippen molar-refractivity contribution in [3.63, 3.8) is 0 Å². The van der Waals surface area contributed by atoms with Gasteiger partial charge in [0.1, 0.15) is 6.07 Å². The summed E-state index contributed by atoms with van der Waals surface area (Å²) in [4.78, 5) is 25.7. The second-order valence-electron chi connectivity index (χ2n) is 5.00.